The zero-order valence-electron chi connectivity index (χ0n) is 22.9. The molecule has 12 heteroatoms. The van der Waals surface area contributed by atoms with E-state index < -0.39 is 28.5 Å². The van der Waals surface area contributed by atoms with Crippen LogP contribution in [0, 0.1) is 0 Å². The number of sulfonamides is 1. The Morgan fingerprint density at radius 3 is 2.17 bits per heavy atom. The smallest absolute Gasteiger partial charge is 0.264 e. The topological polar surface area (TPSA) is 96.0 Å². The molecule has 0 unspecified atom stereocenters. The zero-order chi connectivity index (χ0) is 30.2. The summed E-state index contributed by atoms with van der Waals surface area (Å²) in [5.74, 6) is -0.413. The molecule has 0 spiro atoms. The summed E-state index contributed by atoms with van der Waals surface area (Å²) in [4.78, 5) is 28.2. The van der Waals surface area contributed by atoms with Gasteiger partial charge in [0, 0.05) is 18.1 Å². The van der Waals surface area contributed by atoms with Crippen LogP contribution in [0.25, 0.3) is 0 Å². The Morgan fingerprint density at radius 1 is 0.927 bits per heavy atom. The molecular weight excluding hydrogens is 609 g/mol. The van der Waals surface area contributed by atoms with Crippen molar-refractivity contribution in [2.75, 3.05) is 24.0 Å². The number of rotatable bonds is 13. The van der Waals surface area contributed by atoms with Crippen molar-refractivity contribution in [3.8, 4) is 5.75 Å². The SMILES string of the molecule is CCCNC(=O)[C@@H](C)N(Cc1ccc(Cl)c(Cl)c1)C(=O)CN(c1ccc(OCC)cc1)S(=O)(=O)c1ccc(Cl)cc1. The van der Waals surface area contributed by atoms with Crippen LogP contribution in [-0.2, 0) is 26.2 Å². The van der Waals surface area contributed by atoms with Crippen LogP contribution in [-0.4, -0.2) is 50.9 Å². The largest absolute Gasteiger partial charge is 0.494 e. The average molecular weight is 641 g/mol. The van der Waals surface area contributed by atoms with Gasteiger partial charge in [0.25, 0.3) is 10.0 Å². The minimum atomic E-state index is -4.22. The van der Waals surface area contributed by atoms with Crippen LogP contribution >= 0.6 is 34.8 Å². The highest BCUT2D eigenvalue weighted by atomic mass is 35.5. The first-order chi connectivity index (χ1) is 19.5. The molecule has 0 fully saturated rings. The number of nitrogens with zero attached hydrogens (tertiary/aromatic N) is 2. The van der Waals surface area contributed by atoms with Crippen LogP contribution in [0.2, 0.25) is 15.1 Å². The molecule has 3 aromatic carbocycles. The van der Waals surface area contributed by atoms with Crippen molar-refractivity contribution in [3.63, 3.8) is 0 Å². The predicted molar refractivity (Wildman–Crippen MR) is 163 cm³/mol. The van der Waals surface area contributed by atoms with Gasteiger partial charge in [0.2, 0.25) is 11.8 Å². The zero-order valence-corrected chi connectivity index (χ0v) is 26.0. The third kappa shape index (κ3) is 8.52. The molecule has 0 aliphatic heterocycles. The molecule has 1 atom stereocenters. The highest BCUT2D eigenvalue weighted by molar-refractivity contribution is 7.92. The monoisotopic (exact) mass is 639 g/mol. The molecule has 220 valence electrons. The first-order valence-electron chi connectivity index (χ1n) is 13.0. The van der Waals surface area contributed by atoms with E-state index in [9.17, 15) is 18.0 Å². The van der Waals surface area contributed by atoms with Crippen molar-refractivity contribution in [3.05, 3.63) is 87.4 Å². The van der Waals surface area contributed by atoms with Crippen molar-refractivity contribution in [1.82, 2.24) is 10.2 Å². The number of amides is 2. The molecule has 0 aliphatic rings. The Bertz CT molecular complexity index is 1450. The number of benzene rings is 3. The maximum absolute atomic E-state index is 13.9. The molecule has 0 radical (unpaired) electrons. The second-order valence-corrected chi connectivity index (χ2v) is 12.2. The number of anilines is 1. The first kappa shape index (κ1) is 32.5. The van der Waals surface area contributed by atoms with Gasteiger partial charge in [0.15, 0.2) is 0 Å². The van der Waals surface area contributed by atoms with Gasteiger partial charge in [-0.05, 0) is 86.5 Å². The van der Waals surface area contributed by atoms with E-state index in [1.807, 2.05) is 13.8 Å². The minimum absolute atomic E-state index is 0.00541. The summed E-state index contributed by atoms with van der Waals surface area (Å²) in [7, 11) is -4.22. The molecule has 1 N–H and O–H groups in total. The fourth-order valence-corrected chi connectivity index (χ4v) is 5.81. The molecule has 0 saturated carbocycles. The maximum Gasteiger partial charge on any atom is 0.264 e. The van der Waals surface area contributed by atoms with Gasteiger partial charge < -0.3 is 15.0 Å². The van der Waals surface area contributed by atoms with Crippen LogP contribution in [0.5, 0.6) is 5.75 Å². The van der Waals surface area contributed by atoms with Crippen molar-refractivity contribution < 1.29 is 22.7 Å². The van der Waals surface area contributed by atoms with Crippen molar-refractivity contribution >= 4 is 62.3 Å². The van der Waals surface area contributed by atoms with Gasteiger partial charge >= 0.3 is 0 Å². The molecule has 3 rings (SSSR count). The molecule has 0 saturated heterocycles. The number of ether oxygens (including phenoxy) is 1. The quantitative estimate of drug-likeness (QED) is 0.241. The first-order valence-corrected chi connectivity index (χ1v) is 15.6. The Kier molecular flexibility index (Phi) is 11.7. The Morgan fingerprint density at radius 2 is 1.59 bits per heavy atom. The molecule has 0 aliphatic carbocycles. The second-order valence-electron chi connectivity index (χ2n) is 9.13. The summed E-state index contributed by atoms with van der Waals surface area (Å²) in [6, 6.07) is 16.0. The third-order valence-electron chi connectivity index (χ3n) is 6.17. The number of hydrogen-bond acceptors (Lipinski definition) is 5. The maximum atomic E-state index is 13.9. The van der Waals surface area contributed by atoms with Crippen LogP contribution < -0.4 is 14.4 Å². The van der Waals surface area contributed by atoms with Gasteiger partial charge in [0.05, 0.1) is 27.2 Å². The Balaban J connectivity index is 2.03. The van der Waals surface area contributed by atoms with Gasteiger partial charge in [-0.3, -0.25) is 13.9 Å². The fraction of sp³-hybridized carbons (Fsp3) is 0.310. The normalized spacial score (nSPS) is 12.0. The molecule has 0 aromatic heterocycles. The average Bonchev–Trinajstić information content (AvgIpc) is 2.95. The summed E-state index contributed by atoms with van der Waals surface area (Å²) in [5, 5.41) is 3.81. The summed E-state index contributed by atoms with van der Waals surface area (Å²) in [6.07, 6.45) is 0.712. The lowest BCUT2D eigenvalue weighted by Crippen LogP contribution is -2.51. The van der Waals surface area contributed by atoms with Crippen LogP contribution in [0.15, 0.2) is 71.6 Å². The van der Waals surface area contributed by atoms with Crippen LogP contribution in [0.1, 0.15) is 32.8 Å². The highest BCUT2D eigenvalue weighted by Crippen LogP contribution is 2.28. The number of halogens is 3. The van der Waals surface area contributed by atoms with Gasteiger partial charge in [-0.1, -0.05) is 47.8 Å². The summed E-state index contributed by atoms with van der Waals surface area (Å²) in [6.45, 7) is 5.63. The van der Waals surface area contributed by atoms with E-state index in [0.717, 1.165) is 4.31 Å². The van der Waals surface area contributed by atoms with Gasteiger partial charge in [-0.15, -0.1) is 0 Å². The van der Waals surface area contributed by atoms with Gasteiger partial charge in [0.1, 0.15) is 18.3 Å². The van der Waals surface area contributed by atoms with E-state index in [2.05, 4.69) is 5.32 Å². The lowest BCUT2D eigenvalue weighted by atomic mass is 10.1. The molecular formula is C29H32Cl3N3O5S. The summed E-state index contributed by atoms with van der Waals surface area (Å²) >= 11 is 18.3. The highest BCUT2D eigenvalue weighted by Gasteiger charge is 2.32. The van der Waals surface area contributed by atoms with E-state index in [1.165, 1.54) is 29.2 Å². The molecule has 8 nitrogen and oxygen atoms in total. The van der Waals surface area contributed by atoms with E-state index in [0.29, 0.717) is 46.0 Å². The van der Waals surface area contributed by atoms with Crippen LogP contribution in [0.3, 0.4) is 0 Å². The lowest BCUT2D eigenvalue weighted by molar-refractivity contribution is -0.139. The van der Waals surface area contributed by atoms with E-state index in [1.54, 1.807) is 49.4 Å². The lowest BCUT2D eigenvalue weighted by Gasteiger charge is -2.32. The fourth-order valence-electron chi connectivity index (χ4n) is 3.95. The van der Waals surface area contributed by atoms with Crippen LogP contribution in [0.4, 0.5) is 5.69 Å². The van der Waals surface area contributed by atoms with Crippen molar-refractivity contribution in [2.45, 2.75) is 44.7 Å². The Hall–Kier alpha value is -2.98. The number of carbonyl (C=O) groups is 2. The summed E-state index contributed by atoms with van der Waals surface area (Å²) in [5.41, 5.74) is 0.866. The van der Waals surface area contributed by atoms with Gasteiger partial charge in [-0.25, -0.2) is 8.42 Å². The third-order valence-corrected chi connectivity index (χ3v) is 8.95. The molecule has 0 heterocycles. The predicted octanol–water partition coefficient (Wildman–Crippen LogP) is 6.18. The summed E-state index contributed by atoms with van der Waals surface area (Å²) < 4.78 is 34.2. The number of hydrogen-bond donors (Lipinski definition) is 1. The van der Waals surface area contributed by atoms with E-state index in [-0.39, 0.29) is 23.0 Å². The number of nitrogens with one attached hydrogen (secondary N) is 1. The van der Waals surface area contributed by atoms with E-state index in [4.69, 9.17) is 39.5 Å². The van der Waals surface area contributed by atoms with E-state index >= 15 is 0 Å². The molecule has 3 aromatic rings. The Labute approximate surface area is 256 Å². The second kappa shape index (κ2) is 14.8. The molecule has 41 heavy (non-hydrogen) atoms. The minimum Gasteiger partial charge on any atom is -0.494 e. The van der Waals surface area contributed by atoms with Crippen molar-refractivity contribution in [2.24, 2.45) is 0 Å². The number of carbonyl (C=O) groups excluding carboxylic acids is 2. The molecule has 2 amide bonds. The van der Waals surface area contributed by atoms with Crippen molar-refractivity contribution in [1.29, 1.82) is 0 Å². The molecule has 0 bridgehead atoms. The standard InChI is InChI=1S/C29H32Cl3N3O5S/c1-4-16-33-29(37)20(3)34(18-21-6-15-26(31)27(32)17-21)28(36)19-35(23-9-11-24(12-10-23)40-5-2)41(38,39)25-13-7-22(30)8-14-25/h6-15,17,20H,4-5,16,18-19H2,1-3H3,(H,33,37)/t20-/m1/s1. The van der Waals surface area contributed by atoms with Gasteiger partial charge in [-0.2, -0.15) is 0 Å².